The number of pyridine rings is 1. The molecule has 0 aliphatic heterocycles. The van der Waals surface area contributed by atoms with Gasteiger partial charge in [0.2, 0.25) is 0 Å². The smallest absolute Gasteiger partial charge is 0.431 e. The molecule has 3 rings (SSSR count). The van der Waals surface area contributed by atoms with Crippen molar-refractivity contribution in [2.24, 2.45) is 11.3 Å². The Hall–Kier alpha value is -2.62. The van der Waals surface area contributed by atoms with E-state index in [0.717, 1.165) is 24.8 Å². The summed E-state index contributed by atoms with van der Waals surface area (Å²) < 4.78 is 42.4. The molecule has 0 atom stereocenters. The summed E-state index contributed by atoms with van der Waals surface area (Å²) in [6.45, 7) is 2.43. The third-order valence-electron chi connectivity index (χ3n) is 7.28. The number of aromatic nitrogens is 1. The van der Waals surface area contributed by atoms with Crippen LogP contribution in [0.25, 0.3) is 0 Å². The van der Waals surface area contributed by atoms with Crippen LogP contribution in [0.4, 0.5) is 13.2 Å². The van der Waals surface area contributed by atoms with E-state index in [1.54, 1.807) is 12.3 Å². The van der Waals surface area contributed by atoms with Gasteiger partial charge in [-0.05, 0) is 62.0 Å². The number of carboxylic acid groups (broad SMARTS) is 1. The second kappa shape index (κ2) is 11.6. The zero-order valence-corrected chi connectivity index (χ0v) is 21.0. The number of amides is 1. The SMILES string of the molecule is CC1(CN(CCc2ccncc2Cl)C(=O)/C(C=N)=C(/N[C@H]2CC[C@@H](C(=O)O)CC2)C(F)(F)F)CCC1. The molecule has 0 aromatic carbocycles. The van der Waals surface area contributed by atoms with Crippen LogP contribution in [-0.2, 0) is 16.0 Å². The van der Waals surface area contributed by atoms with Crippen LogP contribution in [0, 0.1) is 16.7 Å². The molecule has 1 aromatic rings. The van der Waals surface area contributed by atoms with Crippen LogP contribution in [0.15, 0.2) is 29.7 Å². The lowest BCUT2D eigenvalue weighted by molar-refractivity contribution is -0.143. The molecule has 1 heterocycles. The first-order valence-corrected chi connectivity index (χ1v) is 12.5. The minimum atomic E-state index is -4.88. The number of carbonyl (C=O) groups is 2. The molecule has 0 radical (unpaired) electrons. The number of hydrogen-bond acceptors (Lipinski definition) is 5. The molecule has 1 aromatic heterocycles. The Morgan fingerprint density at radius 2 is 1.97 bits per heavy atom. The lowest BCUT2D eigenvalue weighted by Crippen LogP contribution is -2.46. The number of nitrogens with zero attached hydrogens (tertiary/aromatic N) is 2. The van der Waals surface area contributed by atoms with E-state index in [-0.39, 0.29) is 44.2 Å². The minimum Gasteiger partial charge on any atom is -0.481 e. The van der Waals surface area contributed by atoms with Gasteiger partial charge in [-0.2, -0.15) is 13.2 Å². The van der Waals surface area contributed by atoms with Gasteiger partial charge in [-0.15, -0.1) is 0 Å². The summed E-state index contributed by atoms with van der Waals surface area (Å²) in [5.74, 6) is -2.39. The topological polar surface area (TPSA) is 106 Å². The van der Waals surface area contributed by atoms with Gasteiger partial charge < -0.3 is 20.7 Å². The molecule has 2 aliphatic rings. The van der Waals surface area contributed by atoms with E-state index in [1.807, 2.05) is 6.92 Å². The Kier molecular flexibility index (Phi) is 9.03. The van der Waals surface area contributed by atoms with Gasteiger partial charge in [-0.3, -0.25) is 14.6 Å². The van der Waals surface area contributed by atoms with Crippen LogP contribution >= 0.6 is 11.6 Å². The third kappa shape index (κ3) is 6.99. The van der Waals surface area contributed by atoms with Gasteiger partial charge in [0, 0.05) is 37.7 Å². The van der Waals surface area contributed by atoms with Crippen LogP contribution in [0.5, 0.6) is 0 Å². The second-order valence-corrected chi connectivity index (χ2v) is 10.5. The fourth-order valence-electron chi connectivity index (χ4n) is 4.93. The van der Waals surface area contributed by atoms with E-state index in [1.165, 1.54) is 11.1 Å². The predicted octanol–water partition coefficient (Wildman–Crippen LogP) is 5.00. The average Bonchev–Trinajstić information content (AvgIpc) is 2.81. The highest BCUT2D eigenvalue weighted by molar-refractivity contribution is 6.31. The van der Waals surface area contributed by atoms with Crippen molar-refractivity contribution in [2.45, 2.75) is 70.5 Å². The maximum Gasteiger partial charge on any atom is 0.431 e. The number of alkyl halides is 3. The van der Waals surface area contributed by atoms with Crippen molar-refractivity contribution in [3.8, 4) is 0 Å². The monoisotopic (exact) mass is 528 g/mol. The molecule has 1 amide bonds. The summed E-state index contributed by atoms with van der Waals surface area (Å²) in [7, 11) is 0. The van der Waals surface area contributed by atoms with Gasteiger partial charge in [0.1, 0.15) is 5.70 Å². The first kappa shape index (κ1) is 28.0. The van der Waals surface area contributed by atoms with Crippen LogP contribution in [0.3, 0.4) is 0 Å². The molecule has 7 nitrogen and oxygen atoms in total. The average molecular weight is 529 g/mol. The zero-order valence-electron chi connectivity index (χ0n) is 20.2. The maximum absolute atomic E-state index is 14.1. The van der Waals surface area contributed by atoms with Crippen molar-refractivity contribution in [2.75, 3.05) is 13.1 Å². The molecule has 36 heavy (non-hydrogen) atoms. The lowest BCUT2D eigenvalue weighted by Gasteiger charge is -2.42. The first-order chi connectivity index (χ1) is 16.9. The van der Waals surface area contributed by atoms with E-state index in [2.05, 4.69) is 10.3 Å². The number of aliphatic carboxylic acids is 1. The number of halogens is 4. The standard InChI is InChI=1S/C25H32ClF3N4O3/c1-24(9-2-10-24)15-33(12-8-16-7-11-31-14-20(16)26)22(34)19(13-30)21(25(27,28)29)32-18-5-3-17(4-6-18)23(35)36/h7,11,13-14,17-18,30,32H,2-6,8-10,12,15H2,1H3,(H,35,36)/b21-19+,30-13?/t17-,18+. The lowest BCUT2D eigenvalue weighted by atomic mass is 9.70. The van der Waals surface area contributed by atoms with Crippen LogP contribution in [0.1, 0.15) is 57.4 Å². The molecule has 0 unspecified atom stereocenters. The predicted molar refractivity (Wildman–Crippen MR) is 130 cm³/mol. The highest BCUT2D eigenvalue weighted by Gasteiger charge is 2.42. The normalized spacial score (nSPS) is 22.1. The van der Waals surface area contributed by atoms with Gasteiger partial charge in [-0.25, -0.2) is 0 Å². The summed E-state index contributed by atoms with van der Waals surface area (Å²) >= 11 is 6.19. The number of nitrogens with one attached hydrogen (secondary N) is 2. The van der Waals surface area contributed by atoms with E-state index in [4.69, 9.17) is 22.1 Å². The van der Waals surface area contributed by atoms with Crippen molar-refractivity contribution < 1.29 is 27.9 Å². The van der Waals surface area contributed by atoms with Crippen molar-refractivity contribution >= 4 is 29.7 Å². The number of carbonyl (C=O) groups excluding carboxylic acids is 1. The molecule has 0 bridgehead atoms. The Balaban J connectivity index is 1.86. The van der Waals surface area contributed by atoms with E-state index in [9.17, 15) is 22.8 Å². The fraction of sp³-hybridized carbons (Fsp3) is 0.600. The van der Waals surface area contributed by atoms with Gasteiger partial charge in [0.05, 0.1) is 16.5 Å². The van der Waals surface area contributed by atoms with Gasteiger partial charge >= 0.3 is 12.1 Å². The summed E-state index contributed by atoms with van der Waals surface area (Å²) in [6.07, 6.45) is 2.67. The Morgan fingerprint density at radius 1 is 1.31 bits per heavy atom. The van der Waals surface area contributed by atoms with Crippen LogP contribution in [-0.4, -0.2) is 58.4 Å². The molecule has 2 fully saturated rings. The molecule has 198 valence electrons. The van der Waals surface area contributed by atoms with Gasteiger partial charge in [0.25, 0.3) is 5.91 Å². The van der Waals surface area contributed by atoms with Crippen molar-refractivity contribution in [3.05, 3.63) is 40.3 Å². The van der Waals surface area contributed by atoms with E-state index < -0.39 is 41.3 Å². The van der Waals surface area contributed by atoms with Crippen molar-refractivity contribution in [3.63, 3.8) is 0 Å². The highest BCUT2D eigenvalue weighted by atomic mass is 35.5. The van der Waals surface area contributed by atoms with Crippen molar-refractivity contribution in [1.82, 2.24) is 15.2 Å². The number of hydrogen-bond donors (Lipinski definition) is 3. The largest absolute Gasteiger partial charge is 0.481 e. The fourth-order valence-corrected chi connectivity index (χ4v) is 5.14. The highest BCUT2D eigenvalue weighted by Crippen LogP contribution is 2.41. The molecular formula is C25H32ClF3N4O3. The minimum absolute atomic E-state index is 0.143. The summed E-state index contributed by atoms with van der Waals surface area (Å²) in [4.78, 5) is 30.0. The van der Waals surface area contributed by atoms with Gasteiger partial charge in [-0.1, -0.05) is 24.9 Å². The maximum atomic E-state index is 14.1. The molecule has 2 aliphatic carbocycles. The third-order valence-corrected chi connectivity index (χ3v) is 7.62. The summed E-state index contributed by atoms with van der Waals surface area (Å²) in [5.41, 5.74) is -1.45. The van der Waals surface area contributed by atoms with Gasteiger partial charge in [0.15, 0.2) is 0 Å². The second-order valence-electron chi connectivity index (χ2n) is 10.1. The number of allylic oxidation sites excluding steroid dienone is 1. The summed E-state index contributed by atoms with van der Waals surface area (Å²) in [6, 6.07) is 1.08. The van der Waals surface area contributed by atoms with Crippen LogP contribution < -0.4 is 5.32 Å². The molecule has 2 saturated carbocycles. The molecule has 0 spiro atoms. The Morgan fingerprint density at radius 3 is 2.47 bits per heavy atom. The molecule has 3 N–H and O–H groups in total. The van der Waals surface area contributed by atoms with E-state index in [0.29, 0.717) is 17.7 Å². The molecule has 0 saturated heterocycles. The molecule has 11 heteroatoms. The Labute approximate surface area is 213 Å². The zero-order chi connectivity index (χ0) is 26.5. The van der Waals surface area contributed by atoms with E-state index >= 15 is 0 Å². The first-order valence-electron chi connectivity index (χ1n) is 12.1. The quantitative estimate of drug-likeness (QED) is 0.293. The summed E-state index contributed by atoms with van der Waals surface area (Å²) in [5, 5.41) is 19.8. The van der Waals surface area contributed by atoms with Crippen LogP contribution in [0.2, 0.25) is 5.02 Å². The number of rotatable bonds is 10. The van der Waals surface area contributed by atoms with Crippen molar-refractivity contribution in [1.29, 1.82) is 5.41 Å². The Bertz CT molecular complexity index is 1000. The molecular weight excluding hydrogens is 497 g/mol. The number of carboxylic acids is 1.